The van der Waals surface area contributed by atoms with Gasteiger partial charge in [0.2, 0.25) is 0 Å². The highest BCUT2D eigenvalue weighted by molar-refractivity contribution is 6.00. The average Bonchev–Trinajstić information content (AvgIpc) is 3.63. The van der Waals surface area contributed by atoms with Crippen LogP contribution in [0.5, 0.6) is 5.75 Å². The topological polar surface area (TPSA) is 29.5 Å². The third-order valence-corrected chi connectivity index (χ3v) is 5.72. The van der Waals surface area contributed by atoms with Gasteiger partial charge in [-0.25, -0.2) is 4.39 Å². The van der Waals surface area contributed by atoms with Gasteiger partial charge in [0.15, 0.2) is 0 Å². The van der Waals surface area contributed by atoms with Crippen LogP contribution in [-0.2, 0) is 0 Å². The highest BCUT2D eigenvalue weighted by Crippen LogP contribution is 2.37. The lowest BCUT2D eigenvalue weighted by Gasteiger charge is -2.29. The zero-order valence-electron chi connectivity index (χ0n) is 17.1. The Labute approximate surface area is 177 Å². The number of ether oxygens (including phenoxy) is 1. The van der Waals surface area contributed by atoms with Crippen molar-refractivity contribution < 1.29 is 13.9 Å². The number of amides is 1. The zero-order chi connectivity index (χ0) is 20.9. The Bertz CT molecular complexity index is 983. The Morgan fingerprint density at radius 3 is 2.37 bits per heavy atom. The van der Waals surface area contributed by atoms with Crippen LogP contribution >= 0.6 is 0 Å². The Balaban J connectivity index is 1.47. The summed E-state index contributed by atoms with van der Waals surface area (Å²) in [5, 5.41) is 0. The molecule has 154 valence electrons. The first-order valence-electron chi connectivity index (χ1n) is 10.4. The predicted octanol–water partition coefficient (Wildman–Crippen LogP) is 5.81. The third-order valence-electron chi connectivity index (χ3n) is 5.72. The summed E-state index contributed by atoms with van der Waals surface area (Å²) < 4.78 is 18.9. The van der Waals surface area contributed by atoms with Crippen LogP contribution < -0.4 is 4.74 Å². The second-order valence-electron chi connectivity index (χ2n) is 7.82. The van der Waals surface area contributed by atoms with Gasteiger partial charge in [-0.2, -0.15) is 0 Å². The van der Waals surface area contributed by atoms with Crippen LogP contribution in [0.1, 0.15) is 29.6 Å². The molecule has 0 aliphatic heterocycles. The fourth-order valence-corrected chi connectivity index (χ4v) is 3.93. The van der Waals surface area contributed by atoms with Crippen molar-refractivity contribution in [3.63, 3.8) is 0 Å². The predicted molar refractivity (Wildman–Crippen MR) is 117 cm³/mol. The molecule has 1 unspecified atom stereocenters. The second kappa shape index (κ2) is 9.12. The van der Waals surface area contributed by atoms with Crippen molar-refractivity contribution in [3.05, 3.63) is 90.2 Å². The molecule has 1 atom stereocenters. The van der Waals surface area contributed by atoms with Crippen molar-refractivity contribution in [1.82, 2.24) is 4.90 Å². The van der Waals surface area contributed by atoms with Crippen LogP contribution in [0.2, 0.25) is 0 Å². The van der Waals surface area contributed by atoms with Crippen LogP contribution in [0.15, 0.2) is 78.9 Å². The maximum Gasteiger partial charge on any atom is 0.254 e. The van der Waals surface area contributed by atoms with Gasteiger partial charge in [0.05, 0.1) is 6.61 Å². The van der Waals surface area contributed by atoms with Gasteiger partial charge in [0, 0.05) is 25.1 Å². The van der Waals surface area contributed by atoms with Gasteiger partial charge in [-0.05, 0) is 60.2 Å². The number of carbonyl (C=O) groups excluding carboxylic acids is 1. The number of hydrogen-bond donors (Lipinski definition) is 0. The van der Waals surface area contributed by atoms with E-state index in [0.717, 1.165) is 36.0 Å². The van der Waals surface area contributed by atoms with Crippen molar-refractivity contribution >= 4 is 5.91 Å². The highest BCUT2D eigenvalue weighted by Gasteiger charge is 2.36. The number of halogens is 1. The molecule has 30 heavy (non-hydrogen) atoms. The first-order chi connectivity index (χ1) is 14.6. The van der Waals surface area contributed by atoms with E-state index in [-0.39, 0.29) is 17.8 Å². The fourth-order valence-electron chi connectivity index (χ4n) is 3.93. The smallest absolute Gasteiger partial charge is 0.254 e. The molecule has 1 fully saturated rings. The van der Waals surface area contributed by atoms with Gasteiger partial charge < -0.3 is 9.64 Å². The van der Waals surface area contributed by atoms with Crippen molar-refractivity contribution in [3.8, 4) is 16.9 Å². The molecule has 0 N–H and O–H groups in total. The molecular weight excluding hydrogens is 377 g/mol. The third kappa shape index (κ3) is 4.70. The molecule has 1 saturated carbocycles. The van der Waals surface area contributed by atoms with E-state index >= 15 is 0 Å². The molecule has 0 bridgehead atoms. The lowest BCUT2D eigenvalue weighted by molar-refractivity contribution is 0.0688. The first kappa shape index (κ1) is 20.1. The van der Waals surface area contributed by atoms with Crippen molar-refractivity contribution in [2.75, 3.05) is 13.7 Å². The first-order valence-corrected chi connectivity index (χ1v) is 10.4. The van der Waals surface area contributed by atoms with Crippen molar-refractivity contribution in [2.24, 2.45) is 5.92 Å². The number of hydrogen-bond acceptors (Lipinski definition) is 2. The van der Waals surface area contributed by atoms with E-state index in [1.165, 1.54) is 12.1 Å². The summed E-state index contributed by atoms with van der Waals surface area (Å²) in [6.07, 6.45) is 3.02. The van der Waals surface area contributed by atoms with E-state index in [1.54, 1.807) is 12.1 Å². The Morgan fingerprint density at radius 2 is 1.67 bits per heavy atom. The number of rotatable bonds is 8. The molecule has 1 aliphatic rings. The van der Waals surface area contributed by atoms with Crippen LogP contribution in [0.25, 0.3) is 11.1 Å². The van der Waals surface area contributed by atoms with Crippen molar-refractivity contribution in [2.45, 2.75) is 25.3 Å². The standard InChI is InChI=1S/C26H26FNO2/c1-28(25(20-11-12-20)17-18-30-22-15-13-21(27)14-16-22)26(29)24-10-6-5-9-23(24)19-7-3-2-4-8-19/h2-10,13-16,20,25H,11-12,17-18H2,1H3. The summed E-state index contributed by atoms with van der Waals surface area (Å²) in [6, 6.07) is 24.0. The quantitative estimate of drug-likeness (QED) is 0.475. The summed E-state index contributed by atoms with van der Waals surface area (Å²) >= 11 is 0. The summed E-state index contributed by atoms with van der Waals surface area (Å²) in [7, 11) is 1.89. The van der Waals surface area contributed by atoms with E-state index in [1.807, 2.05) is 66.5 Å². The van der Waals surface area contributed by atoms with Gasteiger partial charge in [-0.15, -0.1) is 0 Å². The van der Waals surface area contributed by atoms with E-state index in [9.17, 15) is 9.18 Å². The molecule has 0 saturated heterocycles. The molecule has 0 heterocycles. The molecular formula is C26H26FNO2. The van der Waals surface area contributed by atoms with Crippen LogP contribution in [0.3, 0.4) is 0 Å². The largest absolute Gasteiger partial charge is 0.494 e. The Hall–Kier alpha value is -3.14. The van der Waals surface area contributed by atoms with Crippen LogP contribution in [0.4, 0.5) is 4.39 Å². The van der Waals surface area contributed by atoms with Gasteiger partial charge in [-0.1, -0.05) is 48.5 Å². The van der Waals surface area contributed by atoms with Gasteiger partial charge in [0.25, 0.3) is 5.91 Å². The number of nitrogens with zero attached hydrogens (tertiary/aromatic N) is 1. The van der Waals surface area contributed by atoms with E-state index in [0.29, 0.717) is 18.3 Å². The summed E-state index contributed by atoms with van der Waals surface area (Å²) in [5.41, 5.74) is 2.71. The molecule has 3 aromatic carbocycles. The molecule has 0 radical (unpaired) electrons. The lowest BCUT2D eigenvalue weighted by atomic mass is 9.98. The Morgan fingerprint density at radius 1 is 1.00 bits per heavy atom. The zero-order valence-corrected chi connectivity index (χ0v) is 17.1. The molecule has 3 nitrogen and oxygen atoms in total. The normalized spacial score (nSPS) is 14.2. The summed E-state index contributed by atoms with van der Waals surface area (Å²) in [5.74, 6) is 0.919. The highest BCUT2D eigenvalue weighted by atomic mass is 19.1. The maximum atomic E-state index is 13.4. The second-order valence-corrected chi connectivity index (χ2v) is 7.82. The minimum Gasteiger partial charge on any atom is -0.494 e. The average molecular weight is 403 g/mol. The van der Waals surface area contributed by atoms with E-state index in [4.69, 9.17) is 4.74 Å². The summed E-state index contributed by atoms with van der Waals surface area (Å²) in [4.78, 5) is 15.3. The minimum absolute atomic E-state index is 0.0353. The Kier molecular flexibility index (Phi) is 6.12. The van der Waals surface area contributed by atoms with Crippen LogP contribution in [-0.4, -0.2) is 30.5 Å². The SMILES string of the molecule is CN(C(=O)c1ccccc1-c1ccccc1)C(CCOc1ccc(F)cc1)C1CC1. The molecule has 4 rings (SSSR count). The summed E-state index contributed by atoms with van der Waals surface area (Å²) in [6.45, 7) is 0.491. The molecule has 1 amide bonds. The number of benzene rings is 3. The lowest BCUT2D eigenvalue weighted by Crippen LogP contribution is -2.39. The molecule has 1 aliphatic carbocycles. The van der Waals surface area contributed by atoms with Gasteiger partial charge >= 0.3 is 0 Å². The van der Waals surface area contributed by atoms with Gasteiger partial charge in [-0.3, -0.25) is 4.79 Å². The fraction of sp³-hybridized carbons (Fsp3) is 0.269. The molecule has 0 spiro atoms. The molecule has 3 aromatic rings. The van der Waals surface area contributed by atoms with E-state index in [2.05, 4.69) is 0 Å². The van der Waals surface area contributed by atoms with Crippen molar-refractivity contribution in [1.29, 1.82) is 0 Å². The van der Waals surface area contributed by atoms with E-state index < -0.39 is 0 Å². The molecule has 0 aromatic heterocycles. The molecule has 4 heteroatoms. The van der Waals surface area contributed by atoms with Gasteiger partial charge in [0.1, 0.15) is 11.6 Å². The van der Waals surface area contributed by atoms with Crippen LogP contribution in [0, 0.1) is 11.7 Å². The monoisotopic (exact) mass is 403 g/mol. The number of carbonyl (C=O) groups is 1. The minimum atomic E-state index is -0.277. The maximum absolute atomic E-state index is 13.4.